The van der Waals surface area contributed by atoms with Gasteiger partial charge in [-0.1, -0.05) is 18.2 Å². The highest BCUT2D eigenvalue weighted by Gasteiger charge is 2.26. The lowest BCUT2D eigenvalue weighted by atomic mass is 9.95. The summed E-state index contributed by atoms with van der Waals surface area (Å²) in [6.07, 6.45) is 1.36. The van der Waals surface area contributed by atoms with Crippen LogP contribution >= 0.6 is 0 Å². The average molecular weight is 425 g/mol. The van der Waals surface area contributed by atoms with E-state index < -0.39 is 5.97 Å². The molecule has 8 heteroatoms. The molecule has 31 heavy (non-hydrogen) atoms. The number of rotatable bonds is 5. The molecule has 2 aromatic carbocycles. The van der Waals surface area contributed by atoms with Gasteiger partial charge in [0.05, 0.1) is 17.9 Å². The van der Waals surface area contributed by atoms with E-state index >= 15 is 0 Å². The molecule has 1 fully saturated rings. The van der Waals surface area contributed by atoms with Crippen LogP contribution in [0.2, 0.25) is 0 Å². The van der Waals surface area contributed by atoms with Crippen molar-refractivity contribution >= 4 is 11.7 Å². The molecule has 0 radical (unpaired) electrons. The first-order valence-corrected chi connectivity index (χ1v) is 9.90. The predicted molar refractivity (Wildman–Crippen MR) is 119 cm³/mol. The fourth-order valence-electron chi connectivity index (χ4n) is 3.77. The number of morpholine rings is 1. The minimum atomic E-state index is -0.954. The first-order chi connectivity index (χ1) is 14.7. The summed E-state index contributed by atoms with van der Waals surface area (Å²) in [5.41, 5.74) is 22.2. The second-order valence-corrected chi connectivity index (χ2v) is 7.59. The molecule has 0 aliphatic carbocycles. The molecule has 1 heterocycles. The van der Waals surface area contributed by atoms with Gasteiger partial charge in [-0.25, -0.2) is 4.79 Å². The van der Waals surface area contributed by atoms with Crippen LogP contribution in [-0.4, -0.2) is 40.8 Å². The van der Waals surface area contributed by atoms with Gasteiger partial charge in [0.15, 0.2) is 0 Å². The first-order valence-electron chi connectivity index (χ1n) is 9.90. The molecule has 1 saturated heterocycles. The highest BCUT2D eigenvalue weighted by atomic mass is 16.5. The zero-order valence-corrected chi connectivity index (χ0v) is 17.6. The maximum absolute atomic E-state index is 11.4. The molecule has 0 bridgehead atoms. The number of carbonyl (C=O) groups is 1. The quantitative estimate of drug-likeness (QED) is 0.459. The Balaban J connectivity index is 1.90. The van der Waals surface area contributed by atoms with E-state index in [2.05, 4.69) is 0 Å². The van der Waals surface area contributed by atoms with Gasteiger partial charge in [0.1, 0.15) is 17.7 Å². The van der Waals surface area contributed by atoms with Crippen LogP contribution in [0.3, 0.4) is 0 Å². The predicted octanol–water partition coefficient (Wildman–Crippen LogP) is 2.17. The Kier molecular flexibility index (Phi) is 6.41. The lowest BCUT2D eigenvalue weighted by Gasteiger charge is -2.36. The number of hydrogen-bond acceptors (Lipinski definition) is 7. The van der Waals surface area contributed by atoms with Gasteiger partial charge in [0, 0.05) is 24.4 Å². The first kappa shape index (κ1) is 22.0. The van der Waals surface area contributed by atoms with E-state index in [1.807, 2.05) is 17.9 Å². The number of ether oxygens (including phenoxy) is 1. The lowest BCUT2D eigenvalue weighted by molar-refractivity contribution is -0.0175. The molecular weight excluding hydrogens is 396 g/mol. The number of carboxylic acid groups (broad SMARTS) is 1. The van der Waals surface area contributed by atoms with Gasteiger partial charge in [0.25, 0.3) is 0 Å². The number of phenols is 1. The Bertz CT molecular complexity index is 1060. The summed E-state index contributed by atoms with van der Waals surface area (Å²) in [5.74, 6) is -0.784. The van der Waals surface area contributed by atoms with Gasteiger partial charge >= 0.3 is 5.97 Å². The van der Waals surface area contributed by atoms with Crippen molar-refractivity contribution in [3.63, 3.8) is 0 Å². The van der Waals surface area contributed by atoms with E-state index in [0.717, 1.165) is 11.1 Å². The Morgan fingerprint density at radius 2 is 1.84 bits per heavy atom. The average Bonchev–Trinajstić information content (AvgIpc) is 2.73. The fraction of sp³-hybridized carbons (Fsp3) is 0.261. The van der Waals surface area contributed by atoms with E-state index in [-0.39, 0.29) is 23.2 Å². The maximum atomic E-state index is 11.4. The molecule has 1 unspecified atom stereocenters. The minimum Gasteiger partial charge on any atom is -0.507 e. The molecule has 0 spiro atoms. The van der Waals surface area contributed by atoms with Crippen LogP contribution in [0.1, 0.15) is 38.7 Å². The summed E-state index contributed by atoms with van der Waals surface area (Å²) in [6.45, 7) is 5.09. The molecule has 0 aromatic heterocycles. The van der Waals surface area contributed by atoms with Crippen LogP contribution < -0.4 is 17.2 Å². The molecule has 1 aliphatic rings. The summed E-state index contributed by atoms with van der Waals surface area (Å²) in [7, 11) is 0. The van der Waals surface area contributed by atoms with Crippen molar-refractivity contribution in [2.75, 3.05) is 19.7 Å². The second kappa shape index (κ2) is 9.01. The molecule has 8 nitrogen and oxygen atoms in total. The Hall–Kier alpha value is -3.65. The highest BCUT2D eigenvalue weighted by Crippen LogP contribution is 2.30. The van der Waals surface area contributed by atoms with E-state index in [1.165, 1.54) is 0 Å². The van der Waals surface area contributed by atoms with Crippen molar-refractivity contribution in [3.05, 3.63) is 81.8 Å². The van der Waals surface area contributed by atoms with E-state index in [1.54, 1.807) is 43.3 Å². The van der Waals surface area contributed by atoms with Crippen molar-refractivity contribution < 1.29 is 19.7 Å². The zero-order valence-electron chi connectivity index (χ0n) is 17.6. The molecule has 8 N–H and O–H groups in total. The number of benzene rings is 2. The third-order valence-corrected chi connectivity index (χ3v) is 5.40. The molecule has 2 aromatic rings. The number of nitrogens with two attached hydrogens (primary N) is 3. The summed E-state index contributed by atoms with van der Waals surface area (Å²) in [6, 6.07) is 10.3. The van der Waals surface area contributed by atoms with Crippen molar-refractivity contribution in [1.82, 2.24) is 4.90 Å². The number of para-hydroxylation sites is 1. The minimum absolute atomic E-state index is 0.0654. The van der Waals surface area contributed by atoms with Crippen LogP contribution in [0.5, 0.6) is 5.75 Å². The van der Waals surface area contributed by atoms with Crippen molar-refractivity contribution in [2.45, 2.75) is 20.0 Å². The third-order valence-electron chi connectivity index (χ3n) is 5.40. The van der Waals surface area contributed by atoms with Crippen molar-refractivity contribution in [2.24, 2.45) is 17.2 Å². The monoisotopic (exact) mass is 424 g/mol. The van der Waals surface area contributed by atoms with E-state index in [0.29, 0.717) is 42.2 Å². The van der Waals surface area contributed by atoms with E-state index in [4.69, 9.17) is 21.9 Å². The summed E-state index contributed by atoms with van der Waals surface area (Å²) >= 11 is 0. The molecule has 0 saturated carbocycles. The van der Waals surface area contributed by atoms with Gasteiger partial charge < -0.3 is 37.1 Å². The van der Waals surface area contributed by atoms with Crippen LogP contribution in [0, 0.1) is 13.8 Å². The van der Waals surface area contributed by atoms with Gasteiger partial charge in [-0.2, -0.15) is 0 Å². The molecule has 0 amide bonds. The molecule has 1 atom stereocenters. The van der Waals surface area contributed by atoms with Gasteiger partial charge in [-0.05, 0) is 54.8 Å². The Morgan fingerprint density at radius 3 is 2.48 bits per heavy atom. The van der Waals surface area contributed by atoms with Crippen molar-refractivity contribution in [1.29, 1.82) is 0 Å². The smallest absolute Gasteiger partial charge is 0.335 e. The molecular formula is C23H28N4O4. The van der Waals surface area contributed by atoms with Crippen LogP contribution in [0.15, 0.2) is 54.0 Å². The highest BCUT2D eigenvalue weighted by molar-refractivity contribution is 5.89. The lowest BCUT2D eigenvalue weighted by Crippen LogP contribution is -2.39. The number of aromatic carboxylic acids is 1. The summed E-state index contributed by atoms with van der Waals surface area (Å²) < 4.78 is 5.98. The number of allylic oxidation sites excluding steroid dienone is 1. The molecule has 3 rings (SSSR count). The SMILES string of the molecule is Cc1cc(C2CN(C(/C=C(\N)c3ccccc3O)=C(N)N)CCO2)c(C)cc1C(=O)O. The molecule has 164 valence electrons. The Morgan fingerprint density at radius 1 is 1.13 bits per heavy atom. The van der Waals surface area contributed by atoms with Crippen LogP contribution in [-0.2, 0) is 4.74 Å². The number of aryl methyl sites for hydroxylation is 2. The number of hydrogen-bond donors (Lipinski definition) is 5. The number of carboxylic acids is 1. The zero-order chi connectivity index (χ0) is 22.7. The summed E-state index contributed by atoms with van der Waals surface area (Å²) in [5, 5.41) is 19.4. The van der Waals surface area contributed by atoms with E-state index in [9.17, 15) is 15.0 Å². The van der Waals surface area contributed by atoms with Crippen LogP contribution in [0.4, 0.5) is 0 Å². The Labute approximate surface area is 181 Å². The third kappa shape index (κ3) is 4.75. The van der Waals surface area contributed by atoms with Gasteiger partial charge in [-0.3, -0.25) is 0 Å². The fourth-order valence-corrected chi connectivity index (χ4v) is 3.77. The van der Waals surface area contributed by atoms with Crippen molar-refractivity contribution in [3.8, 4) is 5.75 Å². The maximum Gasteiger partial charge on any atom is 0.335 e. The number of phenolic OH excluding ortho intramolecular Hbond substituents is 1. The number of nitrogens with zero attached hydrogens (tertiary/aromatic N) is 1. The standard InChI is InChI=1S/C23H28N4O4/c1-13-10-17(23(29)30)14(2)9-16(13)21-12-27(7-8-31-21)19(22(25)26)11-18(24)15-5-3-4-6-20(15)28/h3-6,9-11,21,28H,7-8,12,24-26H2,1-2H3,(H,29,30)/b18-11-. The topological polar surface area (TPSA) is 148 Å². The molecule has 1 aliphatic heterocycles. The second-order valence-electron chi connectivity index (χ2n) is 7.59. The largest absolute Gasteiger partial charge is 0.507 e. The normalized spacial score (nSPS) is 16.8. The van der Waals surface area contributed by atoms with Gasteiger partial charge in [-0.15, -0.1) is 0 Å². The van der Waals surface area contributed by atoms with Crippen LogP contribution in [0.25, 0.3) is 5.70 Å². The number of aromatic hydroxyl groups is 1. The summed E-state index contributed by atoms with van der Waals surface area (Å²) in [4.78, 5) is 13.4. The van der Waals surface area contributed by atoms with Gasteiger partial charge in [0.2, 0.25) is 0 Å².